The number of likely N-dealkylation sites (N-methyl/N-ethyl adjacent to an activating group) is 1. The van der Waals surface area contributed by atoms with E-state index in [1.807, 2.05) is 24.1 Å². The average Bonchev–Trinajstić information content (AvgIpc) is 2.87. The molecule has 19 heavy (non-hydrogen) atoms. The van der Waals surface area contributed by atoms with Gasteiger partial charge in [-0.05, 0) is 43.5 Å². The van der Waals surface area contributed by atoms with Gasteiger partial charge in [-0.1, -0.05) is 35.0 Å². The Hall–Kier alpha value is -0.870. The second-order valence-electron chi connectivity index (χ2n) is 5.26. The molecule has 1 amide bonds. The Morgan fingerprint density at radius 3 is 2.89 bits per heavy atom. The number of carbonyl (C=O) groups excluding carboxylic acids is 1. The summed E-state index contributed by atoms with van der Waals surface area (Å²) >= 11 is 3.46. The van der Waals surface area contributed by atoms with Crippen LogP contribution >= 0.6 is 15.9 Å². The molecule has 1 unspecified atom stereocenters. The number of nitrogens with zero attached hydrogens (tertiary/aromatic N) is 1. The maximum atomic E-state index is 12.6. The summed E-state index contributed by atoms with van der Waals surface area (Å²) in [6.45, 7) is 3.69. The molecule has 1 fully saturated rings. The molecule has 1 atom stereocenters. The Morgan fingerprint density at radius 2 is 2.32 bits per heavy atom. The Bertz CT molecular complexity index is 455. The number of nitrogens with one attached hydrogen (secondary N) is 1. The highest BCUT2D eigenvalue weighted by Crippen LogP contribution is 2.25. The van der Waals surface area contributed by atoms with E-state index in [0.717, 1.165) is 35.8 Å². The van der Waals surface area contributed by atoms with Crippen molar-refractivity contribution in [1.29, 1.82) is 0 Å². The minimum Gasteiger partial charge on any atom is -0.340 e. The lowest BCUT2D eigenvalue weighted by molar-refractivity contribution is -0.137. The smallest absolute Gasteiger partial charge is 0.242 e. The van der Waals surface area contributed by atoms with Gasteiger partial charge in [-0.3, -0.25) is 4.79 Å². The highest BCUT2D eigenvalue weighted by atomic mass is 79.9. The van der Waals surface area contributed by atoms with E-state index in [2.05, 4.69) is 40.3 Å². The van der Waals surface area contributed by atoms with Crippen molar-refractivity contribution in [3.63, 3.8) is 0 Å². The molecule has 0 saturated carbocycles. The standard InChI is InChI=1S/C15H21BrN2O/c1-3-15(8-5-9-17-15)14(19)18(2)11-12-6-4-7-13(16)10-12/h4,6-7,10,17H,3,5,8-9,11H2,1-2H3. The van der Waals surface area contributed by atoms with E-state index in [0.29, 0.717) is 6.54 Å². The lowest BCUT2D eigenvalue weighted by Crippen LogP contribution is -2.53. The molecule has 0 aromatic heterocycles. The maximum absolute atomic E-state index is 12.6. The third-order valence-electron chi connectivity index (χ3n) is 3.91. The zero-order valence-electron chi connectivity index (χ0n) is 11.6. The quantitative estimate of drug-likeness (QED) is 0.923. The first-order chi connectivity index (χ1) is 9.07. The molecule has 1 aromatic carbocycles. The van der Waals surface area contributed by atoms with E-state index in [1.54, 1.807) is 0 Å². The van der Waals surface area contributed by atoms with Gasteiger partial charge in [0.25, 0.3) is 0 Å². The van der Waals surface area contributed by atoms with Crippen molar-refractivity contribution < 1.29 is 4.79 Å². The van der Waals surface area contributed by atoms with Crippen molar-refractivity contribution in [3.05, 3.63) is 34.3 Å². The van der Waals surface area contributed by atoms with Gasteiger partial charge in [-0.25, -0.2) is 0 Å². The van der Waals surface area contributed by atoms with Gasteiger partial charge in [0.1, 0.15) is 0 Å². The molecule has 1 N–H and O–H groups in total. The summed E-state index contributed by atoms with van der Waals surface area (Å²) in [7, 11) is 1.89. The van der Waals surface area contributed by atoms with E-state index in [1.165, 1.54) is 0 Å². The van der Waals surface area contributed by atoms with E-state index in [9.17, 15) is 4.79 Å². The molecule has 0 bridgehead atoms. The van der Waals surface area contributed by atoms with Crippen LogP contribution in [0.4, 0.5) is 0 Å². The van der Waals surface area contributed by atoms with Crippen molar-refractivity contribution in [3.8, 4) is 0 Å². The fraction of sp³-hybridized carbons (Fsp3) is 0.533. The molecule has 0 radical (unpaired) electrons. The molecule has 0 spiro atoms. The lowest BCUT2D eigenvalue weighted by Gasteiger charge is -2.32. The normalized spacial score (nSPS) is 22.5. The Labute approximate surface area is 123 Å². The highest BCUT2D eigenvalue weighted by molar-refractivity contribution is 9.10. The molecule has 4 heteroatoms. The van der Waals surface area contributed by atoms with Crippen LogP contribution in [0.25, 0.3) is 0 Å². The number of hydrogen-bond acceptors (Lipinski definition) is 2. The number of rotatable bonds is 4. The number of benzene rings is 1. The fourth-order valence-electron chi connectivity index (χ4n) is 2.79. The minimum absolute atomic E-state index is 0.215. The van der Waals surface area contributed by atoms with Crippen LogP contribution in [0, 0.1) is 0 Å². The largest absolute Gasteiger partial charge is 0.340 e. The van der Waals surface area contributed by atoms with Crippen molar-refractivity contribution in [2.75, 3.05) is 13.6 Å². The van der Waals surface area contributed by atoms with Gasteiger partial charge in [0.2, 0.25) is 5.91 Å². The number of carbonyl (C=O) groups is 1. The van der Waals surface area contributed by atoms with Crippen LogP contribution in [0.5, 0.6) is 0 Å². The van der Waals surface area contributed by atoms with Gasteiger partial charge < -0.3 is 10.2 Å². The van der Waals surface area contributed by atoms with Crippen molar-refractivity contribution in [1.82, 2.24) is 10.2 Å². The van der Waals surface area contributed by atoms with Crippen LogP contribution in [0.15, 0.2) is 28.7 Å². The summed E-state index contributed by atoms with van der Waals surface area (Å²) < 4.78 is 1.05. The minimum atomic E-state index is -0.333. The molecule has 3 nitrogen and oxygen atoms in total. The van der Waals surface area contributed by atoms with Gasteiger partial charge in [0.05, 0.1) is 5.54 Å². The molecule has 2 rings (SSSR count). The van der Waals surface area contributed by atoms with Crippen LogP contribution < -0.4 is 5.32 Å². The lowest BCUT2D eigenvalue weighted by atomic mass is 9.92. The third kappa shape index (κ3) is 3.18. The molecule has 1 aromatic rings. The second-order valence-corrected chi connectivity index (χ2v) is 6.17. The number of amides is 1. The summed E-state index contributed by atoms with van der Waals surface area (Å²) in [4.78, 5) is 14.5. The van der Waals surface area contributed by atoms with Crippen LogP contribution in [0.2, 0.25) is 0 Å². The zero-order chi connectivity index (χ0) is 13.9. The first-order valence-electron chi connectivity index (χ1n) is 6.82. The van der Waals surface area contributed by atoms with Crippen molar-refractivity contribution >= 4 is 21.8 Å². The molecular formula is C15H21BrN2O. The van der Waals surface area contributed by atoms with E-state index < -0.39 is 0 Å². The fourth-order valence-corrected chi connectivity index (χ4v) is 3.23. The van der Waals surface area contributed by atoms with Crippen LogP contribution in [-0.4, -0.2) is 29.9 Å². The summed E-state index contributed by atoms with van der Waals surface area (Å²) in [6.07, 6.45) is 2.89. The highest BCUT2D eigenvalue weighted by Gasteiger charge is 2.40. The molecule has 1 heterocycles. The second kappa shape index (κ2) is 6.06. The van der Waals surface area contributed by atoms with Crippen LogP contribution in [0.1, 0.15) is 31.7 Å². The number of halogens is 1. The summed E-state index contributed by atoms with van der Waals surface area (Å²) in [5, 5.41) is 3.40. The first kappa shape index (κ1) is 14.5. The van der Waals surface area contributed by atoms with E-state index in [-0.39, 0.29) is 11.4 Å². The van der Waals surface area contributed by atoms with E-state index in [4.69, 9.17) is 0 Å². The van der Waals surface area contributed by atoms with Gasteiger partial charge in [0, 0.05) is 18.1 Å². The van der Waals surface area contributed by atoms with Gasteiger partial charge in [-0.2, -0.15) is 0 Å². The predicted octanol–water partition coefficient (Wildman–Crippen LogP) is 2.94. The molecule has 1 saturated heterocycles. The van der Waals surface area contributed by atoms with Gasteiger partial charge in [0.15, 0.2) is 0 Å². The Morgan fingerprint density at radius 1 is 1.53 bits per heavy atom. The predicted molar refractivity (Wildman–Crippen MR) is 80.9 cm³/mol. The van der Waals surface area contributed by atoms with Crippen molar-refractivity contribution in [2.24, 2.45) is 0 Å². The SMILES string of the molecule is CCC1(C(=O)N(C)Cc2cccc(Br)c2)CCCN1. The first-order valence-corrected chi connectivity index (χ1v) is 7.62. The summed E-state index contributed by atoms with van der Waals surface area (Å²) in [5.74, 6) is 0.215. The third-order valence-corrected chi connectivity index (χ3v) is 4.41. The molecule has 1 aliphatic heterocycles. The molecular weight excluding hydrogens is 304 g/mol. The van der Waals surface area contributed by atoms with Gasteiger partial charge in [-0.15, -0.1) is 0 Å². The van der Waals surface area contributed by atoms with Crippen LogP contribution in [-0.2, 0) is 11.3 Å². The zero-order valence-corrected chi connectivity index (χ0v) is 13.2. The average molecular weight is 325 g/mol. The molecule has 1 aliphatic rings. The Kier molecular flexibility index (Phi) is 4.63. The topological polar surface area (TPSA) is 32.3 Å². The summed E-state index contributed by atoms with van der Waals surface area (Å²) in [5.41, 5.74) is 0.815. The van der Waals surface area contributed by atoms with Gasteiger partial charge >= 0.3 is 0 Å². The monoisotopic (exact) mass is 324 g/mol. The van der Waals surface area contributed by atoms with Crippen LogP contribution in [0.3, 0.4) is 0 Å². The molecule has 104 valence electrons. The summed E-state index contributed by atoms with van der Waals surface area (Å²) in [6, 6.07) is 8.11. The molecule has 0 aliphatic carbocycles. The number of hydrogen-bond donors (Lipinski definition) is 1. The maximum Gasteiger partial charge on any atom is 0.242 e. The van der Waals surface area contributed by atoms with E-state index >= 15 is 0 Å². The van der Waals surface area contributed by atoms with Crippen molar-refractivity contribution in [2.45, 2.75) is 38.3 Å². The Balaban J connectivity index is 2.07.